The van der Waals surface area contributed by atoms with Crippen molar-refractivity contribution < 1.29 is 9.47 Å². The Balaban J connectivity index is 1.97. The lowest BCUT2D eigenvalue weighted by atomic mass is 10.1. The molecule has 0 aromatic carbocycles. The van der Waals surface area contributed by atoms with E-state index in [-0.39, 0.29) is 0 Å². The zero-order valence-corrected chi connectivity index (χ0v) is 10.8. The van der Waals surface area contributed by atoms with Crippen LogP contribution in [-0.4, -0.2) is 44.1 Å². The molecule has 0 bridgehead atoms. The second kappa shape index (κ2) is 8.73. The van der Waals surface area contributed by atoms with Crippen LogP contribution < -0.4 is 10.6 Å². The number of rotatable bonds is 6. The molecule has 0 radical (unpaired) electrons. The van der Waals surface area contributed by atoms with Crippen LogP contribution in [-0.2, 0) is 9.47 Å². The highest BCUT2D eigenvalue weighted by atomic mass is 32.1. The van der Waals surface area contributed by atoms with Crippen molar-refractivity contribution in [2.45, 2.75) is 32.2 Å². The van der Waals surface area contributed by atoms with E-state index in [1.165, 1.54) is 0 Å². The summed E-state index contributed by atoms with van der Waals surface area (Å²) in [5.74, 6) is 0. The fraction of sp³-hybridized carbons (Fsp3) is 0.909. The Morgan fingerprint density at radius 3 is 2.88 bits per heavy atom. The monoisotopic (exact) mass is 246 g/mol. The summed E-state index contributed by atoms with van der Waals surface area (Å²) >= 11 is 5.21. The van der Waals surface area contributed by atoms with Crippen molar-refractivity contribution in [3.05, 3.63) is 0 Å². The molecule has 16 heavy (non-hydrogen) atoms. The number of thiocarbonyl (C=S) groups is 1. The molecule has 1 rings (SSSR count). The molecule has 0 atom stereocenters. The van der Waals surface area contributed by atoms with Gasteiger partial charge in [0.2, 0.25) is 0 Å². The minimum absolute atomic E-state index is 0.473. The lowest BCUT2D eigenvalue weighted by Crippen LogP contribution is -2.44. The van der Waals surface area contributed by atoms with Gasteiger partial charge in [0.25, 0.3) is 0 Å². The molecule has 1 aliphatic heterocycles. The maximum Gasteiger partial charge on any atom is 0.166 e. The summed E-state index contributed by atoms with van der Waals surface area (Å²) in [5, 5.41) is 7.25. The molecule has 0 aliphatic carbocycles. The predicted octanol–water partition coefficient (Wildman–Crippen LogP) is 1.06. The standard InChI is InChI=1S/C11H22N2O2S/c1-2-14-7-3-6-12-11(16)13-10-4-8-15-9-5-10/h10H,2-9H2,1H3,(H2,12,13,16). The van der Waals surface area contributed by atoms with Gasteiger partial charge in [-0.1, -0.05) is 0 Å². The van der Waals surface area contributed by atoms with Gasteiger partial charge < -0.3 is 20.1 Å². The summed E-state index contributed by atoms with van der Waals surface area (Å²) in [5.41, 5.74) is 0. The Morgan fingerprint density at radius 2 is 2.19 bits per heavy atom. The molecular formula is C11H22N2O2S. The molecule has 0 aromatic rings. The molecule has 1 saturated heterocycles. The van der Waals surface area contributed by atoms with Gasteiger partial charge in [-0.15, -0.1) is 0 Å². The molecule has 4 nitrogen and oxygen atoms in total. The maximum atomic E-state index is 5.29. The number of hydrogen-bond acceptors (Lipinski definition) is 3. The molecule has 5 heteroatoms. The Kier molecular flexibility index (Phi) is 7.46. The average Bonchev–Trinajstić information content (AvgIpc) is 2.30. The van der Waals surface area contributed by atoms with Gasteiger partial charge >= 0.3 is 0 Å². The first-order valence-corrected chi connectivity index (χ1v) is 6.43. The quantitative estimate of drug-likeness (QED) is 0.542. The lowest BCUT2D eigenvalue weighted by molar-refractivity contribution is 0.0824. The zero-order valence-electron chi connectivity index (χ0n) is 9.96. The second-order valence-corrected chi connectivity index (χ2v) is 4.25. The molecule has 0 aromatic heterocycles. The minimum atomic E-state index is 0.473. The van der Waals surface area contributed by atoms with Gasteiger partial charge in [-0.05, 0) is 38.4 Å². The second-order valence-electron chi connectivity index (χ2n) is 3.84. The van der Waals surface area contributed by atoms with Crippen LogP contribution in [0.5, 0.6) is 0 Å². The van der Waals surface area contributed by atoms with Crippen LogP contribution in [0.3, 0.4) is 0 Å². The van der Waals surface area contributed by atoms with Crippen LogP contribution in [0.4, 0.5) is 0 Å². The maximum absolute atomic E-state index is 5.29. The molecule has 0 amide bonds. The zero-order chi connectivity index (χ0) is 11.6. The van der Waals surface area contributed by atoms with E-state index >= 15 is 0 Å². The van der Waals surface area contributed by atoms with Crippen molar-refractivity contribution in [3.63, 3.8) is 0 Å². The van der Waals surface area contributed by atoms with Crippen LogP contribution in [0.25, 0.3) is 0 Å². The molecule has 1 fully saturated rings. The van der Waals surface area contributed by atoms with Crippen LogP contribution >= 0.6 is 12.2 Å². The van der Waals surface area contributed by atoms with Crippen molar-refractivity contribution >= 4 is 17.3 Å². The molecule has 0 unspecified atom stereocenters. The minimum Gasteiger partial charge on any atom is -0.382 e. The third kappa shape index (κ3) is 6.25. The predicted molar refractivity (Wildman–Crippen MR) is 68.7 cm³/mol. The smallest absolute Gasteiger partial charge is 0.166 e. The van der Waals surface area contributed by atoms with Crippen molar-refractivity contribution in [1.82, 2.24) is 10.6 Å². The van der Waals surface area contributed by atoms with Crippen molar-refractivity contribution in [3.8, 4) is 0 Å². The van der Waals surface area contributed by atoms with E-state index in [1.54, 1.807) is 0 Å². The molecule has 2 N–H and O–H groups in total. The van der Waals surface area contributed by atoms with Crippen molar-refractivity contribution in [2.24, 2.45) is 0 Å². The first-order chi connectivity index (χ1) is 7.83. The number of hydrogen-bond donors (Lipinski definition) is 2. The summed E-state index contributed by atoms with van der Waals surface area (Å²) in [7, 11) is 0. The van der Waals surface area contributed by atoms with Crippen LogP contribution in [0.15, 0.2) is 0 Å². The van der Waals surface area contributed by atoms with E-state index < -0.39 is 0 Å². The van der Waals surface area contributed by atoms with Gasteiger partial charge in [-0.25, -0.2) is 0 Å². The van der Waals surface area contributed by atoms with Crippen LogP contribution in [0.1, 0.15) is 26.2 Å². The molecule has 1 aliphatic rings. The number of ether oxygens (including phenoxy) is 2. The summed E-state index contributed by atoms with van der Waals surface area (Å²) in [6.45, 7) is 6.13. The van der Waals surface area contributed by atoms with E-state index in [4.69, 9.17) is 21.7 Å². The average molecular weight is 246 g/mol. The highest BCUT2D eigenvalue weighted by Gasteiger charge is 2.13. The first-order valence-electron chi connectivity index (χ1n) is 6.02. The number of nitrogens with one attached hydrogen (secondary N) is 2. The van der Waals surface area contributed by atoms with Gasteiger partial charge in [-0.2, -0.15) is 0 Å². The van der Waals surface area contributed by atoms with Gasteiger partial charge in [0, 0.05) is 39.0 Å². The van der Waals surface area contributed by atoms with Crippen LogP contribution in [0.2, 0.25) is 0 Å². The Hall–Kier alpha value is -0.390. The molecule has 0 saturated carbocycles. The van der Waals surface area contributed by atoms with Crippen molar-refractivity contribution in [1.29, 1.82) is 0 Å². The molecule has 1 heterocycles. The third-order valence-corrected chi connectivity index (χ3v) is 2.77. The van der Waals surface area contributed by atoms with Gasteiger partial charge in [-0.3, -0.25) is 0 Å². The SMILES string of the molecule is CCOCCCNC(=S)NC1CCOCC1. The molecular weight excluding hydrogens is 224 g/mol. The Morgan fingerprint density at radius 1 is 1.44 bits per heavy atom. The van der Waals surface area contributed by atoms with E-state index in [1.807, 2.05) is 6.92 Å². The summed E-state index contributed by atoms with van der Waals surface area (Å²) in [4.78, 5) is 0. The highest BCUT2D eigenvalue weighted by molar-refractivity contribution is 7.80. The lowest BCUT2D eigenvalue weighted by Gasteiger charge is -2.24. The normalized spacial score (nSPS) is 17.1. The third-order valence-electron chi connectivity index (χ3n) is 2.51. The Bertz CT molecular complexity index is 196. The highest BCUT2D eigenvalue weighted by Crippen LogP contribution is 2.05. The summed E-state index contributed by atoms with van der Waals surface area (Å²) in [6.07, 6.45) is 3.07. The van der Waals surface area contributed by atoms with E-state index in [0.717, 1.165) is 57.3 Å². The first kappa shape index (κ1) is 13.7. The van der Waals surface area contributed by atoms with Gasteiger partial charge in [0.1, 0.15) is 0 Å². The molecule has 94 valence electrons. The van der Waals surface area contributed by atoms with Crippen molar-refractivity contribution in [2.75, 3.05) is 33.0 Å². The van der Waals surface area contributed by atoms with Gasteiger partial charge in [0.05, 0.1) is 0 Å². The van der Waals surface area contributed by atoms with E-state index in [9.17, 15) is 0 Å². The van der Waals surface area contributed by atoms with Crippen LogP contribution in [0, 0.1) is 0 Å². The largest absolute Gasteiger partial charge is 0.382 e. The summed E-state index contributed by atoms with van der Waals surface area (Å²) in [6, 6.07) is 0.473. The van der Waals surface area contributed by atoms with E-state index in [2.05, 4.69) is 10.6 Å². The topological polar surface area (TPSA) is 42.5 Å². The van der Waals surface area contributed by atoms with E-state index in [0.29, 0.717) is 6.04 Å². The fourth-order valence-electron chi connectivity index (χ4n) is 1.60. The summed E-state index contributed by atoms with van der Waals surface area (Å²) < 4.78 is 10.5. The molecule has 0 spiro atoms. The fourth-order valence-corrected chi connectivity index (χ4v) is 1.87. The Labute approximate surface area is 103 Å². The van der Waals surface area contributed by atoms with Gasteiger partial charge in [0.15, 0.2) is 5.11 Å².